The molecule has 1 aromatic rings. The first-order valence-electron chi connectivity index (χ1n) is 7.35. The van der Waals surface area contributed by atoms with Gasteiger partial charge in [0.2, 0.25) is 0 Å². The molecule has 1 aromatic carbocycles. The summed E-state index contributed by atoms with van der Waals surface area (Å²) in [7, 11) is 0. The Morgan fingerprint density at radius 3 is 2.55 bits per heavy atom. The molecule has 2 rings (SSSR count). The molecule has 1 N–H and O–H groups in total. The fraction of sp³-hybridized carbons (Fsp3) is 0.625. The smallest absolute Gasteiger partial charge is 0.0931 e. The third-order valence-corrected chi connectivity index (χ3v) is 4.32. The Balaban J connectivity index is 2.06. The van der Waals surface area contributed by atoms with E-state index in [9.17, 15) is 5.11 Å². The molecule has 1 heterocycles. The molecule has 0 aliphatic carbocycles. The summed E-state index contributed by atoms with van der Waals surface area (Å²) in [5.41, 5.74) is 0.812. The Kier molecular flexibility index (Phi) is 5.85. The number of ether oxygens (including phenoxy) is 1. The molecule has 1 aliphatic heterocycles. The Labute approximate surface area is 126 Å². The highest BCUT2D eigenvalue weighted by Gasteiger charge is 2.26. The van der Waals surface area contributed by atoms with Crippen LogP contribution in [0.3, 0.4) is 0 Å². The molecule has 1 fully saturated rings. The predicted octanol–water partition coefficient (Wildman–Crippen LogP) is 3.26. The van der Waals surface area contributed by atoms with Crippen LogP contribution in [0.5, 0.6) is 0 Å². The van der Waals surface area contributed by atoms with Crippen molar-refractivity contribution in [2.75, 3.05) is 19.8 Å². The average molecular weight is 298 g/mol. The summed E-state index contributed by atoms with van der Waals surface area (Å²) in [5.74, 6) is 0. The van der Waals surface area contributed by atoms with Crippen LogP contribution in [-0.4, -0.2) is 41.8 Å². The summed E-state index contributed by atoms with van der Waals surface area (Å²) in [5, 5.41) is 11.1. The van der Waals surface area contributed by atoms with Gasteiger partial charge in [0.1, 0.15) is 0 Å². The van der Waals surface area contributed by atoms with Gasteiger partial charge in [-0.25, -0.2) is 0 Å². The minimum atomic E-state index is -0.547. The van der Waals surface area contributed by atoms with Crippen molar-refractivity contribution in [3.05, 3.63) is 34.9 Å². The van der Waals surface area contributed by atoms with Gasteiger partial charge in [0.25, 0.3) is 0 Å². The van der Waals surface area contributed by atoms with Gasteiger partial charge in [0.05, 0.1) is 6.10 Å². The Bertz CT molecular complexity index is 419. The van der Waals surface area contributed by atoms with E-state index in [4.69, 9.17) is 16.3 Å². The molecule has 1 aliphatic rings. The van der Waals surface area contributed by atoms with Crippen molar-refractivity contribution in [2.24, 2.45) is 0 Å². The summed E-state index contributed by atoms with van der Waals surface area (Å²) in [6.45, 7) is 6.60. The third-order valence-electron chi connectivity index (χ3n) is 3.97. The first-order valence-corrected chi connectivity index (χ1v) is 7.73. The number of rotatable bonds is 5. The van der Waals surface area contributed by atoms with Crippen LogP contribution in [-0.2, 0) is 4.74 Å². The molecule has 0 radical (unpaired) electrons. The molecule has 1 atom stereocenters. The maximum Gasteiger partial charge on any atom is 0.0931 e. The zero-order valence-corrected chi connectivity index (χ0v) is 13.0. The van der Waals surface area contributed by atoms with Gasteiger partial charge < -0.3 is 9.84 Å². The molecule has 0 aromatic heterocycles. The van der Waals surface area contributed by atoms with Crippen molar-refractivity contribution < 1.29 is 9.84 Å². The lowest BCUT2D eigenvalue weighted by molar-refractivity contribution is 0.000830. The van der Waals surface area contributed by atoms with Gasteiger partial charge in [0.15, 0.2) is 0 Å². The van der Waals surface area contributed by atoms with Gasteiger partial charge in [-0.15, -0.1) is 0 Å². The summed E-state index contributed by atoms with van der Waals surface area (Å²) in [6.07, 6.45) is 1.52. The van der Waals surface area contributed by atoms with Crippen molar-refractivity contribution in [2.45, 2.75) is 44.9 Å². The monoisotopic (exact) mass is 297 g/mol. The minimum absolute atomic E-state index is 0.398. The lowest BCUT2D eigenvalue weighted by Gasteiger charge is -2.38. The van der Waals surface area contributed by atoms with Crippen LogP contribution in [0, 0.1) is 0 Å². The second-order valence-electron chi connectivity index (χ2n) is 5.67. The molecule has 20 heavy (non-hydrogen) atoms. The van der Waals surface area contributed by atoms with E-state index in [0.29, 0.717) is 23.7 Å². The molecule has 0 saturated carbocycles. The average Bonchev–Trinajstić information content (AvgIpc) is 2.45. The number of benzene rings is 1. The van der Waals surface area contributed by atoms with E-state index in [2.05, 4.69) is 18.7 Å². The van der Waals surface area contributed by atoms with Crippen molar-refractivity contribution in [3.63, 3.8) is 0 Å². The molecule has 1 saturated heterocycles. The van der Waals surface area contributed by atoms with Crippen LogP contribution in [0.15, 0.2) is 24.3 Å². The number of hydrogen-bond donors (Lipinski definition) is 1. The highest BCUT2D eigenvalue weighted by atomic mass is 35.5. The molecule has 0 amide bonds. The second-order valence-corrected chi connectivity index (χ2v) is 6.08. The van der Waals surface area contributed by atoms with Crippen LogP contribution in [0.4, 0.5) is 0 Å². The van der Waals surface area contributed by atoms with E-state index in [1.807, 2.05) is 24.3 Å². The van der Waals surface area contributed by atoms with E-state index in [1.165, 1.54) is 0 Å². The maximum atomic E-state index is 10.5. The zero-order valence-electron chi connectivity index (χ0n) is 12.3. The summed E-state index contributed by atoms with van der Waals surface area (Å²) >= 11 is 6.17. The Morgan fingerprint density at radius 1 is 1.30 bits per heavy atom. The van der Waals surface area contributed by atoms with E-state index < -0.39 is 6.10 Å². The van der Waals surface area contributed by atoms with Gasteiger partial charge in [-0.3, -0.25) is 4.90 Å². The number of halogens is 1. The molecular formula is C16H24ClNO2. The standard InChI is InChI=1S/C16H24ClNO2/c1-12(2)18(13-7-9-20-10-8-13)11-16(19)14-5-3-4-6-15(14)17/h3-6,12-13,16,19H,7-11H2,1-2H3. The van der Waals surface area contributed by atoms with Crippen LogP contribution in [0.2, 0.25) is 5.02 Å². The van der Waals surface area contributed by atoms with Gasteiger partial charge >= 0.3 is 0 Å². The van der Waals surface area contributed by atoms with Crippen LogP contribution in [0.1, 0.15) is 38.4 Å². The van der Waals surface area contributed by atoms with Crippen LogP contribution in [0.25, 0.3) is 0 Å². The summed E-state index contributed by atoms with van der Waals surface area (Å²) in [6, 6.07) is 8.41. The Morgan fingerprint density at radius 2 is 1.95 bits per heavy atom. The van der Waals surface area contributed by atoms with Gasteiger partial charge in [-0.2, -0.15) is 0 Å². The predicted molar refractivity (Wildman–Crippen MR) is 82.1 cm³/mol. The van der Waals surface area contributed by atoms with Crippen molar-refractivity contribution >= 4 is 11.6 Å². The third kappa shape index (κ3) is 3.95. The van der Waals surface area contributed by atoms with Crippen molar-refractivity contribution in [1.82, 2.24) is 4.90 Å². The highest BCUT2D eigenvalue weighted by molar-refractivity contribution is 6.31. The fourth-order valence-electron chi connectivity index (χ4n) is 2.84. The SMILES string of the molecule is CC(C)N(CC(O)c1ccccc1Cl)C1CCOCC1. The van der Waals surface area contributed by atoms with Crippen LogP contribution < -0.4 is 0 Å². The summed E-state index contributed by atoms with van der Waals surface area (Å²) < 4.78 is 5.43. The molecule has 3 nitrogen and oxygen atoms in total. The molecule has 1 unspecified atom stereocenters. The number of aliphatic hydroxyl groups is 1. The van der Waals surface area contributed by atoms with Crippen molar-refractivity contribution in [3.8, 4) is 0 Å². The maximum absolute atomic E-state index is 10.5. The lowest BCUT2D eigenvalue weighted by Crippen LogP contribution is -2.45. The molecule has 0 bridgehead atoms. The molecule has 0 spiro atoms. The van der Waals surface area contributed by atoms with Gasteiger partial charge in [-0.05, 0) is 32.8 Å². The first kappa shape index (κ1) is 15.8. The lowest BCUT2D eigenvalue weighted by atomic mass is 10.0. The number of nitrogens with zero attached hydrogens (tertiary/aromatic N) is 1. The first-order chi connectivity index (χ1) is 9.59. The Hall–Kier alpha value is -0.610. The van der Waals surface area contributed by atoms with E-state index in [-0.39, 0.29) is 0 Å². The molecule has 4 heteroatoms. The van der Waals surface area contributed by atoms with E-state index >= 15 is 0 Å². The largest absolute Gasteiger partial charge is 0.387 e. The zero-order chi connectivity index (χ0) is 14.5. The fourth-order valence-corrected chi connectivity index (χ4v) is 3.10. The summed E-state index contributed by atoms with van der Waals surface area (Å²) in [4.78, 5) is 2.37. The van der Waals surface area contributed by atoms with Gasteiger partial charge in [-0.1, -0.05) is 29.8 Å². The number of hydrogen-bond acceptors (Lipinski definition) is 3. The topological polar surface area (TPSA) is 32.7 Å². The molecular weight excluding hydrogens is 274 g/mol. The quantitative estimate of drug-likeness (QED) is 0.905. The van der Waals surface area contributed by atoms with Crippen LogP contribution >= 0.6 is 11.6 Å². The second kappa shape index (κ2) is 7.41. The minimum Gasteiger partial charge on any atom is -0.387 e. The normalized spacial score (nSPS) is 18.7. The van der Waals surface area contributed by atoms with E-state index in [0.717, 1.165) is 31.6 Å². The number of aliphatic hydroxyl groups excluding tert-OH is 1. The highest BCUT2D eigenvalue weighted by Crippen LogP contribution is 2.26. The van der Waals surface area contributed by atoms with Gasteiger partial charge in [0, 0.05) is 42.4 Å². The molecule has 112 valence electrons. The van der Waals surface area contributed by atoms with E-state index in [1.54, 1.807) is 0 Å². The van der Waals surface area contributed by atoms with Crippen molar-refractivity contribution in [1.29, 1.82) is 0 Å².